The van der Waals surface area contributed by atoms with Gasteiger partial charge in [0.25, 0.3) is 0 Å². The first-order valence-electron chi connectivity index (χ1n) is 8.66. The Kier molecular flexibility index (Phi) is 2.55. The van der Waals surface area contributed by atoms with Crippen LogP contribution in [0.4, 0.5) is 11.5 Å². The minimum atomic E-state index is 0.559. The third kappa shape index (κ3) is 1.98. The van der Waals surface area contributed by atoms with Crippen molar-refractivity contribution in [2.75, 3.05) is 18.1 Å². The van der Waals surface area contributed by atoms with Gasteiger partial charge in [-0.15, -0.1) is 0 Å². The van der Waals surface area contributed by atoms with Gasteiger partial charge in [-0.3, -0.25) is 0 Å². The van der Waals surface area contributed by atoms with Crippen LogP contribution in [-0.4, -0.2) is 38.5 Å². The van der Waals surface area contributed by atoms with Gasteiger partial charge in [-0.1, -0.05) is 0 Å². The number of fused-ring (bicyclic) bond motifs is 1. The molecule has 5 heterocycles. The Morgan fingerprint density at radius 1 is 1.20 bits per heavy atom. The molecule has 0 atom stereocenters. The molecule has 7 heteroatoms. The predicted molar refractivity (Wildman–Crippen MR) is 93.5 cm³/mol. The fourth-order valence-electron chi connectivity index (χ4n) is 3.58. The normalized spacial score (nSPS) is 18.2. The van der Waals surface area contributed by atoms with Gasteiger partial charge in [-0.05, 0) is 30.9 Å². The van der Waals surface area contributed by atoms with Gasteiger partial charge in [0.05, 0.1) is 18.4 Å². The Morgan fingerprint density at radius 2 is 2.16 bits per heavy atom. The van der Waals surface area contributed by atoms with Crippen molar-refractivity contribution < 1.29 is 4.74 Å². The topological polar surface area (TPSA) is 68.4 Å². The van der Waals surface area contributed by atoms with Crippen molar-refractivity contribution in [1.82, 2.24) is 19.5 Å². The lowest BCUT2D eigenvalue weighted by Crippen LogP contribution is -2.35. The smallest absolute Gasteiger partial charge is 0.230 e. The van der Waals surface area contributed by atoms with Crippen LogP contribution in [-0.2, 0) is 6.54 Å². The first kappa shape index (κ1) is 13.3. The largest absolute Gasteiger partial charge is 0.475 e. The average Bonchev–Trinajstić information content (AvgIpc) is 3.36. The highest BCUT2D eigenvalue weighted by Crippen LogP contribution is 2.38. The average molecular weight is 332 g/mol. The molecule has 0 bridgehead atoms. The monoisotopic (exact) mass is 332 g/mol. The summed E-state index contributed by atoms with van der Waals surface area (Å²) in [6, 6.07) is 4.33. The van der Waals surface area contributed by atoms with E-state index in [0.717, 1.165) is 40.6 Å². The van der Waals surface area contributed by atoms with Gasteiger partial charge in [0.15, 0.2) is 11.7 Å². The fourth-order valence-corrected chi connectivity index (χ4v) is 3.58. The van der Waals surface area contributed by atoms with Crippen molar-refractivity contribution in [3.63, 3.8) is 0 Å². The lowest BCUT2D eigenvalue weighted by molar-refractivity contribution is 0.319. The Labute approximate surface area is 144 Å². The minimum absolute atomic E-state index is 0.559. The summed E-state index contributed by atoms with van der Waals surface area (Å²) in [5.74, 6) is 3.04. The maximum absolute atomic E-state index is 5.76. The molecule has 0 amide bonds. The number of aromatic nitrogens is 4. The summed E-state index contributed by atoms with van der Waals surface area (Å²) in [5, 5.41) is 1.16. The second kappa shape index (κ2) is 4.78. The van der Waals surface area contributed by atoms with Crippen LogP contribution in [0.2, 0.25) is 0 Å². The molecule has 0 unspecified atom stereocenters. The van der Waals surface area contributed by atoms with E-state index in [4.69, 9.17) is 9.72 Å². The van der Waals surface area contributed by atoms with E-state index < -0.39 is 0 Å². The zero-order valence-electron chi connectivity index (χ0n) is 13.6. The van der Waals surface area contributed by atoms with Crippen LogP contribution in [0.3, 0.4) is 0 Å². The third-order valence-corrected chi connectivity index (χ3v) is 5.09. The van der Waals surface area contributed by atoms with E-state index in [0.29, 0.717) is 24.8 Å². The molecule has 2 aliphatic heterocycles. The zero-order chi connectivity index (χ0) is 16.4. The molecule has 0 aromatic carbocycles. The van der Waals surface area contributed by atoms with Crippen LogP contribution >= 0.6 is 0 Å². The summed E-state index contributed by atoms with van der Waals surface area (Å²) < 4.78 is 8.02. The number of pyridine rings is 1. The van der Waals surface area contributed by atoms with E-state index in [1.807, 2.05) is 6.20 Å². The van der Waals surface area contributed by atoms with Crippen molar-refractivity contribution in [3.05, 3.63) is 36.4 Å². The van der Waals surface area contributed by atoms with Crippen molar-refractivity contribution in [3.8, 4) is 5.88 Å². The first-order chi connectivity index (χ1) is 12.4. The lowest BCUT2D eigenvalue weighted by atomic mass is 10.1. The fraction of sp³-hybridized carbons (Fsp3) is 0.333. The van der Waals surface area contributed by atoms with Gasteiger partial charge in [0.1, 0.15) is 24.1 Å². The zero-order valence-corrected chi connectivity index (χ0v) is 13.6. The minimum Gasteiger partial charge on any atom is -0.475 e. The van der Waals surface area contributed by atoms with Crippen LogP contribution in [0.25, 0.3) is 11.0 Å². The molecule has 3 aliphatic rings. The summed E-state index contributed by atoms with van der Waals surface area (Å²) in [6.07, 6.45) is 8.26. The number of hydrogen-bond donors (Lipinski definition) is 0. The maximum Gasteiger partial charge on any atom is 0.230 e. The summed E-state index contributed by atoms with van der Waals surface area (Å²) >= 11 is 0. The molecule has 3 aromatic rings. The van der Waals surface area contributed by atoms with Crippen LogP contribution < -0.4 is 9.64 Å². The van der Waals surface area contributed by atoms with E-state index in [-0.39, 0.29) is 0 Å². The second-order valence-electron chi connectivity index (χ2n) is 6.83. The Bertz CT molecular complexity index is 1040. The van der Waals surface area contributed by atoms with E-state index in [1.165, 1.54) is 19.2 Å². The Morgan fingerprint density at radius 3 is 3.08 bits per heavy atom. The molecule has 124 valence electrons. The molecule has 6 rings (SSSR count). The van der Waals surface area contributed by atoms with Crippen molar-refractivity contribution >= 4 is 28.4 Å². The van der Waals surface area contributed by atoms with Crippen molar-refractivity contribution in [2.24, 2.45) is 10.9 Å². The number of anilines is 1. The van der Waals surface area contributed by atoms with E-state index in [2.05, 4.69) is 42.8 Å². The summed E-state index contributed by atoms with van der Waals surface area (Å²) in [4.78, 5) is 19.8. The summed E-state index contributed by atoms with van der Waals surface area (Å²) in [7, 11) is 0. The molecule has 1 fully saturated rings. The molecular weight excluding hydrogens is 316 g/mol. The van der Waals surface area contributed by atoms with E-state index >= 15 is 0 Å². The molecule has 1 saturated carbocycles. The van der Waals surface area contributed by atoms with Gasteiger partial charge >= 0.3 is 0 Å². The Hall–Kier alpha value is -2.96. The number of ether oxygens (including phenoxy) is 1. The quantitative estimate of drug-likeness (QED) is 0.737. The molecule has 25 heavy (non-hydrogen) atoms. The second-order valence-corrected chi connectivity index (χ2v) is 6.83. The summed E-state index contributed by atoms with van der Waals surface area (Å²) in [5.41, 5.74) is 2.99. The third-order valence-electron chi connectivity index (χ3n) is 5.09. The summed E-state index contributed by atoms with van der Waals surface area (Å²) in [6.45, 7) is 2.35. The molecule has 7 nitrogen and oxygen atoms in total. The van der Waals surface area contributed by atoms with Gasteiger partial charge in [0.2, 0.25) is 5.88 Å². The number of aliphatic imine (C=N–C) groups is 1. The molecule has 0 radical (unpaired) electrons. The lowest BCUT2D eigenvalue weighted by Gasteiger charge is -2.27. The SMILES string of the molecule is c1nc2c3c(n1)OCCN(c1cnc4c(ccn4CC4CC4)c1)C3=N2. The van der Waals surface area contributed by atoms with Gasteiger partial charge < -0.3 is 14.2 Å². The Balaban J connectivity index is 1.39. The highest BCUT2D eigenvalue weighted by molar-refractivity contribution is 6.20. The van der Waals surface area contributed by atoms with Gasteiger partial charge in [-0.25, -0.2) is 19.9 Å². The first-order valence-corrected chi connectivity index (χ1v) is 8.66. The molecule has 1 aliphatic carbocycles. The van der Waals surface area contributed by atoms with Crippen LogP contribution in [0.15, 0.2) is 35.8 Å². The van der Waals surface area contributed by atoms with E-state index in [9.17, 15) is 0 Å². The molecule has 0 N–H and O–H groups in total. The van der Waals surface area contributed by atoms with Crippen molar-refractivity contribution in [2.45, 2.75) is 19.4 Å². The molecular formula is C18H16N6O. The van der Waals surface area contributed by atoms with Gasteiger partial charge in [-0.2, -0.15) is 0 Å². The molecule has 0 saturated heterocycles. The number of nitrogens with zero attached hydrogens (tertiary/aromatic N) is 6. The standard InChI is InChI=1S/C18H16N6O/c1-2-11(1)9-23-4-3-12-7-13(8-19-16(12)23)24-5-6-25-18-14-15(20-10-21-18)22-17(14)24/h3-4,7-8,10-11H,1-2,5-6,9H2. The van der Waals surface area contributed by atoms with Gasteiger partial charge in [0, 0.05) is 18.1 Å². The highest BCUT2D eigenvalue weighted by atomic mass is 16.5. The van der Waals surface area contributed by atoms with Crippen molar-refractivity contribution in [1.29, 1.82) is 0 Å². The number of hydrogen-bond acceptors (Lipinski definition) is 6. The molecule has 3 aromatic heterocycles. The maximum atomic E-state index is 5.76. The van der Waals surface area contributed by atoms with Crippen LogP contribution in [0, 0.1) is 5.92 Å². The van der Waals surface area contributed by atoms with Crippen LogP contribution in [0.1, 0.15) is 18.4 Å². The van der Waals surface area contributed by atoms with E-state index in [1.54, 1.807) is 0 Å². The van der Waals surface area contributed by atoms with Crippen LogP contribution in [0.5, 0.6) is 5.88 Å². The predicted octanol–water partition coefficient (Wildman–Crippen LogP) is 2.53. The highest BCUT2D eigenvalue weighted by Gasteiger charge is 2.34. The number of amidine groups is 1. The number of rotatable bonds is 3. The molecule has 0 spiro atoms.